The number of ether oxygens (including phenoxy) is 3. The van der Waals surface area contributed by atoms with Gasteiger partial charge in [-0.25, -0.2) is 0 Å². The zero-order chi connectivity index (χ0) is 14.5. The van der Waals surface area contributed by atoms with Crippen molar-refractivity contribution in [2.75, 3.05) is 20.0 Å². The van der Waals surface area contributed by atoms with Gasteiger partial charge >= 0.3 is 0 Å². The fraction of sp³-hybridized carbons (Fsp3) is 0.600. The summed E-state index contributed by atoms with van der Waals surface area (Å²) < 4.78 is 17.3. The van der Waals surface area contributed by atoms with Crippen LogP contribution in [0, 0.1) is 5.92 Å². The summed E-state index contributed by atoms with van der Waals surface area (Å²) in [6.07, 6.45) is 0. The molecule has 2 rings (SSSR count). The Labute approximate surface area is 128 Å². The maximum Gasteiger partial charge on any atom is 0.231 e. The maximum absolute atomic E-state index is 5.53. The second kappa shape index (κ2) is 7.29. The van der Waals surface area contributed by atoms with Gasteiger partial charge in [0, 0.05) is 19.2 Å². The number of fused-ring (bicyclic) bond motifs is 1. The number of halogens is 1. The summed E-state index contributed by atoms with van der Waals surface area (Å²) in [5.41, 5.74) is 1.17. The van der Waals surface area contributed by atoms with Crippen LogP contribution >= 0.6 is 15.9 Å². The third-order valence-electron chi connectivity index (χ3n) is 3.36. The summed E-state index contributed by atoms with van der Waals surface area (Å²) in [5.74, 6) is 2.13. The van der Waals surface area contributed by atoms with Crippen LogP contribution in [0.4, 0.5) is 0 Å². The predicted molar refractivity (Wildman–Crippen MR) is 82.2 cm³/mol. The highest BCUT2D eigenvalue weighted by molar-refractivity contribution is 9.10. The molecule has 0 fully saturated rings. The molecule has 0 spiro atoms. The molecule has 1 aliphatic rings. The fourth-order valence-corrected chi connectivity index (χ4v) is 2.71. The van der Waals surface area contributed by atoms with Crippen molar-refractivity contribution in [2.45, 2.75) is 33.4 Å². The minimum atomic E-state index is 0.295. The SMILES string of the molecule is CCOCC(NCc1cc(Br)c2c(c1)OCO2)C(C)C. The molecule has 0 aromatic heterocycles. The van der Waals surface area contributed by atoms with Gasteiger partial charge < -0.3 is 19.5 Å². The third-order valence-corrected chi connectivity index (χ3v) is 3.95. The lowest BCUT2D eigenvalue weighted by Crippen LogP contribution is -2.37. The second-order valence-corrected chi connectivity index (χ2v) is 6.06. The maximum atomic E-state index is 5.53. The van der Waals surface area contributed by atoms with Crippen LogP contribution in [0.2, 0.25) is 0 Å². The Hall–Kier alpha value is -0.780. The van der Waals surface area contributed by atoms with Crippen molar-refractivity contribution >= 4 is 15.9 Å². The Bertz CT molecular complexity index is 451. The third kappa shape index (κ3) is 3.87. The van der Waals surface area contributed by atoms with Crippen LogP contribution in [-0.4, -0.2) is 26.0 Å². The molecule has 1 atom stereocenters. The molecule has 112 valence electrons. The molecule has 4 nitrogen and oxygen atoms in total. The van der Waals surface area contributed by atoms with Gasteiger partial charge in [-0.05, 0) is 46.5 Å². The van der Waals surface area contributed by atoms with Gasteiger partial charge in [0.2, 0.25) is 6.79 Å². The lowest BCUT2D eigenvalue weighted by molar-refractivity contribution is 0.108. The molecule has 0 bridgehead atoms. The van der Waals surface area contributed by atoms with Crippen LogP contribution in [0.1, 0.15) is 26.3 Å². The highest BCUT2D eigenvalue weighted by atomic mass is 79.9. The summed E-state index contributed by atoms with van der Waals surface area (Å²) in [5, 5.41) is 3.55. The molecule has 1 aromatic carbocycles. The Morgan fingerprint density at radius 2 is 2.15 bits per heavy atom. The molecule has 0 aliphatic carbocycles. The zero-order valence-corrected chi connectivity index (χ0v) is 13.8. The predicted octanol–water partition coefficient (Wildman–Crippen LogP) is 3.33. The van der Waals surface area contributed by atoms with Crippen molar-refractivity contribution in [3.63, 3.8) is 0 Å². The van der Waals surface area contributed by atoms with Crippen molar-refractivity contribution in [3.05, 3.63) is 22.2 Å². The van der Waals surface area contributed by atoms with E-state index in [0.717, 1.165) is 35.7 Å². The number of rotatable bonds is 7. The Kier molecular flexibility index (Phi) is 5.69. The minimum Gasteiger partial charge on any atom is -0.454 e. The summed E-state index contributed by atoms with van der Waals surface area (Å²) in [7, 11) is 0. The number of nitrogens with one attached hydrogen (secondary N) is 1. The number of benzene rings is 1. The van der Waals surface area contributed by atoms with E-state index in [4.69, 9.17) is 14.2 Å². The average molecular weight is 344 g/mol. The van der Waals surface area contributed by atoms with Crippen LogP contribution < -0.4 is 14.8 Å². The van der Waals surface area contributed by atoms with E-state index < -0.39 is 0 Å². The molecular formula is C15H22BrNO3. The highest BCUT2D eigenvalue weighted by Gasteiger charge is 2.19. The first-order chi connectivity index (χ1) is 9.61. The van der Waals surface area contributed by atoms with Crippen molar-refractivity contribution in [1.29, 1.82) is 0 Å². The first kappa shape index (κ1) is 15.6. The van der Waals surface area contributed by atoms with Gasteiger partial charge in [0.1, 0.15) is 0 Å². The van der Waals surface area contributed by atoms with E-state index in [1.807, 2.05) is 13.0 Å². The Morgan fingerprint density at radius 3 is 2.85 bits per heavy atom. The van der Waals surface area contributed by atoms with Crippen LogP contribution in [0.5, 0.6) is 11.5 Å². The largest absolute Gasteiger partial charge is 0.454 e. The fourth-order valence-electron chi connectivity index (χ4n) is 2.10. The van der Waals surface area contributed by atoms with E-state index >= 15 is 0 Å². The van der Waals surface area contributed by atoms with Gasteiger partial charge in [0.15, 0.2) is 11.5 Å². The molecule has 0 amide bonds. The molecule has 1 aromatic rings. The van der Waals surface area contributed by atoms with Gasteiger partial charge in [-0.15, -0.1) is 0 Å². The van der Waals surface area contributed by atoms with E-state index in [1.165, 1.54) is 5.56 Å². The van der Waals surface area contributed by atoms with Crippen molar-refractivity contribution < 1.29 is 14.2 Å². The summed E-state index contributed by atoms with van der Waals surface area (Å²) in [4.78, 5) is 0. The second-order valence-electron chi connectivity index (χ2n) is 5.20. The van der Waals surface area contributed by atoms with E-state index in [-0.39, 0.29) is 0 Å². The lowest BCUT2D eigenvalue weighted by Gasteiger charge is -2.22. The molecule has 1 aliphatic heterocycles. The molecule has 1 heterocycles. The van der Waals surface area contributed by atoms with Gasteiger partial charge in [0.05, 0.1) is 11.1 Å². The first-order valence-electron chi connectivity index (χ1n) is 7.01. The van der Waals surface area contributed by atoms with Crippen LogP contribution in [-0.2, 0) is 11.3 Å². The summed E-state index contributed by atoms with van der Waals surface area (Å²) >= 11 is 3.52. The van der Waals surface area contributed by atoms with Gasteiger partial charge in [-0.3, -0.25) is 0 Å². The minimum absolute atomic E-state index is 0.295. The summed E-state index contributed by atoms with van der Waals surface area (Å²) in [6.45, 7) is 8.99. The first-order valence-corrected chi connectivity index (χ1v) is 7.80. The van der Waals surface area contributed by atoms with E-state index in [1.54, 1.807) is 0 Å². The van der Waals surface area contributed by atoms with Gasteiger partial charge in [0.25, 0.3) is 0 Å². The van der Waals surface area contributed by atoms with Crippen LogP contribution in [0.3, 0.4) is 0 Å². The lowest BCUT2D eigenvalue weighted by atomic mass is 10.0. The normalized spacial score (nSPS) is 14.8. The van der Waals surface area contributed by atoms with Gasteiger partial charge in [-0.2, -0.15) is 0 Å². The molecule has 1 unspecified atom stereocenters. The van der Waals surface area contributed by atoms with E-state index in [2.05, 4.69) is 41.2 Å². The smallest absolute Gasteiger partial charge is 0.231 e. The number of hydrogen-bond donors (Lipinski definition) is 1. The van der Waals surface area contributed by atoms with E-state index in [9.17, 15) is 0 Å². The van der Waals surface area contributed by atoms with Crippen LogP contribution in [0.25, 0.3) is 0 Å². The highest BCUT2D eigenvalue weighted by Crippen LogP contribution is 2.39. The Balaban J connectivity index is 1.97. The number of hydrogen-bond acceptors (Lipinski definition) is 4. The van der Waals surface area contributed by atoms with Gasteiger partial charge in [-0.1, -0.05) is 13.8 Å². The molecule has 20 heavy (non-hydrogen) atoms. The molecule has 0 saturated carbocycles. The average Bonchev–Trinajstić information content (AvgIpc) is 2.87. The Morgan fingerprint density at radius 1 is 1.35 bits per heavy atom. The van der Waals surface area contributed by atoms with Crippen molar-refractivity contribution in [3.8, 4) is 11.5 Å². The molecule has 0 saturated heterocycles. The molecule has 5 heteroatoms. The van der Waals surface area contributed by atoms with Crippen LogP contribution in [0.15, 0.2) is 16.6 Å². The summed E-state index contributed by atoms with van der Waals surface area (Å²) in [6, 6.07) is 4.44. The quantitative estimate of drug-likeness (QED) is 0.824. The zero-order valence-electron chi connectivity index (χ0n) is 12.2. The molecule has 1 N–H and O–H groups in total. The van der Waals surface area contributed by atoms with Crippen molar-refractivity contribution in [1.82, 2.24) is 5.32 Å². The topological polar surface area (TPSA) is 39.7 Å². The molecule has 0 radical (unpaired) electrons. The monoisotopic (exact) mass is 343 g/mol. The standard InChI is InChI=1S/C15H22BrNO3/c1-4-18-8-13(10(2)3)17-7-11-5-12(16)15-14(6-11)19-9-20-15/h5-6,10,13,17H,4,7-9H2,1-3H3. The van der Waals surface area contributed by atoms with E-state index in [0.29, 0.717) is 18.8 Å². The molecular weight excluding hydrogens is 322 g/mol. The van der Waals surface area contributed by atoms with Crippen molar-refractivity contribution in [2.24, 2.45) is 5.92 Å².